The van der Waals surface area contributed by atoms with E-state index in [9.17, 15) is 9.59 Å². The van der Waals surface area contributed by atoms with Crippen molar-refractivity contribution in [2.75, 3.05) is 0 Å². The molecule has 0 aliphatic heterocycles. The summed E-state index contributed by atoms with van der Waals surface area (Å²) in [5.41, 5.74) is 1.36. The van der Waals surface area contributed by atoms with Crippen molar-refractivity contribution in [3.63, 3.8) is 0 Å². The number of carbonyl (C=O) groups excluding carboxylic acids is 1. The van der Waals surface area contributed by atoms with Gasteiger partial charge in [-0.15, -0.1) is 0 Å². The highest BCUT2D eigenvalue weighted by Crippen LogP contribution is 2.04. The highest BCUT2D eigenvalue weighted by molar-refractivity contribution is 5.93. The Morgan fingerprint density at radius 1 is 1.32 bits per heavy atom. The number of pyridine rings is 1. The van der Waals surface area contributed by atoms with Crippen LogP contribution in [0, 0.1) is 11.3 Å². The molecule has 0 spiro atoms. The molecule has 1 heterocycles. The van der Waals surface area contributed by atoms with E-state index in [1.54, 1.807) is 18.2 Å². The third kappa shape index (κ3) is 3.30. The van der Waals surface area contributed by atoms with Crippen molar-refractivity contribution < 1.29 is 4.79 Å². The lowest BCUT2D eigenvalue weighted by Crippen LogP contribution is -2.24. The van der Waals surface area contributed by atoms with Crippen LogP contribution in [0.1, 0.15) is 21.5 Å². The summed E-state index contributed by atoms with van der Waals surface area (Å²) in [5, 5.41) is 11.5. The molecule has 5 nitrogen and oxygen atoms in total. The number of H-pyrrole nitrogens is 1. The Hall–Kier alpha value is -2.87. The molecule has 1 amide bonds. The van der Waals surface area contributed by atoms with Crippen molar-refractivity contribution in [1.29, 1.82) is 5.26 Å². The Morgan fingerprint density at radius 2 is 2.16 bits per heavy atom. The predicted octanol–water partition coefficient (Wildman–Crippen LogP) is 1.18. The van der Waals surface area contributed by atoms with Gasteiger partial charge in [-0.1, -0.05) is 12.1 Å². The standard InChI is InChI=1S/C14H11N3O2/c15-8-10-2-1-3-11(6-10)9-17-14(19)12-4-5-16-13(18)7-12/h1-7H,9H2,(H,16,18)(H,17,19). The van der Waals surface area contributed by atoms with Gasteiger partial charge < -0.3 is 10.3 Å². The summed E-state index contributed by atoms with van der Waals surface area (Å²) >= 11 is 0. The fraction of sp³-hybridized carbons (Fsp3) is 0.0714. The molecule has 0 unspecified atom stereocenters. The lowest BCUT2D eigenvalue weighted by Gasteiger charge is -2.05. The van der Waals surface area contributed by atoms with Gasteiger partial charge in [0, 0.05) is 24.4 Å². The number of aromatic amines is 1. The number of nitrogens with zero attached hydrogens (tertiary/aromatic N) is 1. The molecule has 0 atom stereocenters. The van der Waals surface area contributed by atoms with Crippen LogP contribution in [0.2, 0.25) is 0 Å². The van der Waals surface area contributed by atoms with E-state index in [0.717, 1.165) is 5.56 Å². The summed E-state index contributed by atoms with van der Waals surface area (Å²) < 4.78 is 0. The Balaban J connectivity index is 2.04. The molecule has 5 heteroatoms. The minimum atomic E-state index is -0.325. The number of rotatable bonds is 3. The second kappa shape index (κ2) is 5.65. The highest BCUT2D eigenvalue weighted by Gasteiger charge is 2.05. The van der Waals surface area contributed by atoms with Crippen LogP contribution < -0.4 is 10.9 Å². The van der Waals surface area contributed by atoms with Crippen LogP contribution in [0.3, 0.4) is 0 Å². The normalized spacial score (nSPS) is 9.63. The van der Waals surface area contributed by atoms with Crippen LogP contribution in [0.5, 0.6) is 0 Å². The molecule has 0 saturated heterocycles. The number of carbonyl (C=O) groups is 1. The average Bonchev–Trinajstić information content (AvgIpc) is 2.45. The van der Waals surface area contributed by atoms with E-state index in [1.165, 1.54) is 18.3 Å². The zero-order chi connectivity index (χ0) is 13.7. The third-order valence-electron chi connectivity index (χ3n) is 2.55. The van der Waals surface area contributed by atoms with Crippen molar-refractivity contribution in [3.05, 3.63) is 69.6 Å². The Kier molecular flexibility index (Phi) is 3.74. The van der Waals surface area contributed by atoms with Crippen molar-refractivity contribution in [1.82, 2.24) is 10.3 Å². The number of aromatic nitrogens is 1. The monoisotopic (exact) mass is 253 g/mol. The van der Waals surface area contributed by atoms with Gasteiger partial charge in [0.05, 0.1) is 11.6 Å². The summed E-state index contributed by atoms with van der Waals surface area (Å²) in [6, 6.07) is 11.8. The molecule has 2 rings (SSSR count). The third-order valence-corrected chi connectivity index (χ3v) is 2.55. The van der Waals surface area contributed by atoms with Crippen molar-refractivity contribution in [3.8, 4) is 6.07 Å². The first kappa shape index (κ1) is 12.6. The van der Waals surface area contributed by atoms with Gasteiger partial charge in [-0.3, -0.25) is 9.59 Å². The molecular formula is C14H11N3O2. The van der Waals surface area contributed by atoms with Gasteiger partial charge in [-0.2, -0.15) is 5.26 Å². The van der Waals surface area contributed by atoms with E-state index in [-0.39, 0.29) is 11.5 Å². The number of nitriles is 1. The van der Waals surface area contributed by atoms with Crippen LogP contribution in [0.25, 0.3) is 0 Å². The number of benzene rings is 1. The van der Waals surface area contributed by atoms with Crippen LogP contribution in [0.15, 0.2) is 47.4 Å². The average molecular weight is 253 g/mol. The summed E-state index contributed by atoms with van der Waals surface area (Å²) in [5.74, 6) is -0.325. The minimum absolute atomic E-state index is 0.306. The molecule has 1 aromatic heterocycles. The Labute approximate surface area is 109 Å². The smallest absolute Gasteiger partial charge is 0.251 e. The second-order valence-electron chi connectivity index (χ2n) is 3.94. The Bertz CT molecular complexity index is 698. The first-order valence-electron chi connectivity index (χ1n) is 5.65. The molecule has 0 aliphatic rings. The molecule has 19 heavy (non-hydrogen) atoms. The quantitative estimate of drug-likeness (QED) is 0.861. The van der Waals surface area contributed by atoms with Crippen LogP contribution in [-0.4, -0.2) is 10.9 Å². The van der Waals surface area contributed by atoms with E-state index < -0.39 is 0 Å². The number of hydrogen-bond acceptors (Lipinski definition) is 3. The van der Waals surface area contributed by atoms with Crippen molar-refractivity contribution in [2.24, 2.45) is 0 Å². The zero-order valence-electron chi connectivity index (χ0n) is 10.0. The Morgan fingerprint density at radius 3 is 2.89 bits per heavy atom. The summed E-state index contributed by atoms with van der Waals surface area (Å²) in [4.78, 5) is 25.3. The maximum absolute atomic E-state index is 11.8. The predicted molar refractivity (Wildman–Crippen MR) is 69.4 cm³/mol. The largest absolute Gasteiger partial charge is 0.348 e. The molecule has 94 valence electrons. The molecule has 0 saturated carbocycles. The van der Waals surface area contributed by atoms with Gasteiger partial charge in [0.15, 0.2) is 0 Å². The van der Waals surface area contributed by atoms with Crippen LogP contribution in [-0.2, 0) is 6.54 Å². The number of amides is 1. The van der Waals surface area contributed by atoms with Gasteiger partial charge in [0.2, 0.25) is 5.56 Å². The molecule has 0 radical (unpaired) electrons. The van der Waals surface area contributed by atoms with E-state index in [1.807, 2.05) is 12.1 Å². The SMILES string of the molecule is N#Cc1cccc(CNC(=O)c2cc[nH]c(=O)c2)c1. The van der Waals surface area contributed by atoms with E-state index >= 15 is 0 Å². The molecular weight excluding hydrogens is 242 g/mol. The number of hydrogen-bond donors (Lipinski definition) is 2. The first-order chi connectivity index (χ1) is 9.19. The molecule has 2 N–H and O–H groups in total. The molecule has 0 aliphatic carbocycles. The fourth-order valence-electron chi connectivity index (χ4n) is 1.62. The maximum atomic E-state index is 11.8. The lowest BCUT2D eigenvalue weighted by molar-refractivity contribution is 0.0950. The number of nitrogens with one attached hydrogen (secondary N) is 2. The van der Waals surface area contributed by atoms with Gasteiger partial charge in [-0.25, -0.2) is 0 Å². The topological polar surface area (TPSA) is 85.8 Å². The van der Waals surface area contributed by atoms with Crippen molar-refractivity contribution >= 4 is 5.91 Å². The minimum Gasteiger partial charge on any atom is -0.348 e. The summed E-state index contributed by atoms with van der Waals surface area (Å²) in [6.07, 6.45) is 1.42. The molecule has 0 fully saturated rings. The molecule has 0 bridgehead atoms. The first-order valence-corrected chi connectivity index (χ1v) is 5.65. The van der Waals surface area contributed by atoms with Crippen molar-refractivity contribution in [2.45, 2.75) is 6.54 Å². The van der Waals surface area contributed by atoms with E-state index in [4.69, 9.17) is 5.26 Å². The highest BCUT2D eigenvalue weighted by atomic mass is 16.2. The van der Waals surface area contributed by atoms with Gasteiger partial charge >= 0.3 is 0 Å². The van der Waals surface area contributed by atoms with Gasteiger partial charge in [0.1, 0.15) is 0 Å². The summed E-state index contributed by atoms with van der Waals surface area (Å²) in [7, 11) is 0. The van der Waals surface area contributed by atoms with E-state index in [0.29, 0.717) is 17.7 Å². The zero-order valence-corrected chi connectivity index (χ0v) is 10.0. The van der Waals surface area contributed by atoms with Gasteiger partial charge in [-0.05, 0) is 23.8 Å². The molecule has 2 aromatic rings. The fourth-order valence-corrected chi connectivity index (χ4v) is 1.62. The lowest BCUT2D eigenvalue weighted by atomic mass is 10.1. The summed E-state index contributed by atoms with van der Waals surface area (Å²) in [6.45, 7) is 0.307. The van der Waals surface area contributed by atoms with Crippen LogP contribution >= 0.6 is 0 Å². The van der Waals surface area contributed by atoms with Crippen LogP contribution in [0.4, 0.5) is 0 Å². The maximum Gasteiger partial charge on any atom is 0.251 e. The van der Waals surface area contributed by atoms with E-state index in [2.05, 4.69) is 10.3 Å². The second-order valence-corrected chi connectivity index (χ2v) is 3.94. The van der Waals surface area contributed by atoms with Gasteiger partial charge in [0.25, 0.3) is 5.91 Å². The molecule has 1 aromatic carbocycles.